The van der Waals surface area contributed by atoms with Crippen LogP contribution in [0.2, 0.25) is 0 Å². The van der Waals surface area contributed by atoms with Crippen molar-refractivity contribution >= 4 is 5.91 Å². The fraction of sp³-hybridized carbons (Fsp3) is 0.333. The van der Waals surface area contributed by atoms with Gasteiger partial charge >= 0.3 is 0 Å². The van der Waals surface area contributed by atoms with Crippen molar-refractivity contribution in [3.05, 3.63) is 71.1 Å². The summed E-state index contributed by atoms with van der Waals surface area (Å²) in [4.78, 5) is 21.7. The zero-order chi connectivity index (χ0) is 21.1. The van der Waals surface area contributed by atoms with Crippen molar-refractivity contribution in [2.75, 3.05) is 33.3 Å². The molecular weight excluding hydrogens is 378 g/mol. The second-order valence-corrected chi connectivity index (χ2v) is 7.69. The molecule has 4 rings (SSSR count). The second kappa shape index (κ2) is 8.71. The Bertz CT molecular complexity index is 1020. The van der Waals surface area contributed by atoms with Crippen LogP contribution in [0.3, 0.4) is 0 Å². The first-order valence-corrected chi connectivity index (χ1v) is 10.2. The normalized spacial score (nSPS) is 14.7. The molecule has 1 saturated heterocycles. The van der Waals surface area contributed by atoms with Crippen molar-refractivity contribution < 1.29 is 13.9 Å². The monoisotopic (exact) mass is 405 g/mol. The van der Waals surface area contributed by atoms with Crippen LogP contribution in [-0.4, -0.2) is 54.0 Å². The lowest BCUT2D eigenvalue weighted by Gasteiger charge is -2.34. The van der Waals surface area contributed by atoms with Crippen molar-refractivity contribution in [2.24, 2.45) is 0 Å². The predicted molar refractivity (Wildman–Crippen MR) is 116 cm³/mol. The van der Waals surface area contributed by atoms with Crippen LogP contribution in [0.5, 0.6) is 5.75 Å². The quantitative estimate of drug-likeness (QED) is 0.644. The van der Waals surface area contributed by atoms with Gasteiger partial charge in [0.05, 0.1) is 12.8 Å². The first kappa shape index (κ1) is 20.2. The van der Waals surface area contributed by atoms with E-state index in [2.05, 4.69) is 4.90 Å². The van der Waals surface area contributed by atoms with Gasteiger partial charge in [-0.1, -0.05) is 17.7 Å². The summed E-state index contributed by atoms with van der Waals surface area (Å²) >= 11 is 0. The highest BCUT2D eigenvalue weighted by atomic mass is 16.5. The summed E-state index contributed by atoms with van der Waals surface area (Å²) in [5.41, 5.74) is 3.74. The van der Waals surface area contributed by atoms with Crippen molar-refractivity contribution in [1.82, 2.24) is 14.8 Å². The fourth-order valence-electron chi connectivity index (χ4n) is 3.71. The van der Waals surface area contributed by atoms with E-state index in [1.54, 1.807) is 7.11 Å². The molecule has 1 aliphatic heterocycles. The number of ether oxygens (including phenoxy) is 1. The number of hydrogen-bond donors (Lipinski definition) is 0. The number of hydrogen-bond acceptors (Lipinski definition) is 5. The third kappa shape index (κ3) is 4.39. The van der Waals surface area contributed by atoms with E-state index < -0.39 is 0 Å². The van der Waals surface area contributed by atoms with Crippen LogP contribution in [0.1, 0.15) is 27.4 Å². The summed E-state index contributed by atoms with van der Waals surface area (Å²) in [6.07, 6.45) is 0. The lowest BCUT2D eigenvalue weighted by Crippen LogP contribution is -2.48. The summed E-state index contributed by atoms with van der Waals surface area (Å²) in [6, 6.07) is 15.5. The number of nitrogens with zero attached hydrogens (tertiary/aromatic N) is 3. The summed E-state index contributed by atoms with van der Waals surface area (Å²) < 4.78 is 11.1. The number of methoxy groups -OCH3 is 1. The number of carbonyl (C=O) groups excluding carboxylic acids is 1. The summed E-state index contributed by atoms with van der Waals surface area (Å²) in [7, 11) is 1.65. The predicted octanol–water partition coefficient (Wildman–Crippen LogP) is 3.93. The van der Waals surface area contributed by atoms with Gasteiger partial charge in [0.15, 0.2) is 0 Å². The minimum Gasteiger partial charge on any atom is -0.497 e. The number of piperazine rings is 1. The van der Waals surface area contributed by atoms with E-state index in [1.807, 2.05) is 67.3 Å². The average molecular weight is 405 g/mol. The zero-order valence-corrected chi connectivity index (χ0v) is 17.7. The Morgan fingerprint density at radius 3 is 2.47 bits per heavy atom. The molecule has 1 amide bonds. The van der Waals surface area contributed by atoms with Crippen LogP contribution in [0.25, 0.3) is 11.5 Å². The summed E-state index contributed by atoms with van der Waals surface area (Å²) in [6.45, 7) is 7.76. The van der Waals surface area contributed by atoms with Crippen LogP contribution >= 0.6 is 0 Å². The summed E-state index contributed by atoms with van der Waals surface area (Å²) in [5.74, 6) is 2.37. The molecule has 1 aliphatic rings. The molecule has 6 nitrogen and oxygen atoms in total. The standard InChI is InChI=1S/C24H27N3O3/c1-17-5-4-6-20(15-17)24(28)27-13-11-26(12-14-27)16-22-18(2)30-23(25-22)19-7-9-21(29-3)10-8-19/h4-10,15H,11-14,16H2,1-3H3. The number of amides is 1. The highest BCUT2D eigenvalue weighted by Crippen LogP contribution is 2.25. The van der Waals surface area contributed by atoms with Crippen LogP contribution < -0.4 is 4.74 Å². The Kier molecular flexibility index (Phi) is 5.86. The minimum atomic E-state index is 0.109. The van der Waals surface area contributed by atoms with Gasteiger partial charge in [-0.15, -0.1) is 0 Å². The Morgan fingerprint density at radius 2 is 1.80 bits per heavy atom. The third-order valence-electron chi connectivity index (χ3n) is 5.53. The van der Waals surface area contributed by atoms with Gasteiger partial charge in [-0.05, 0) is 50.2 Å². The molecule has 0 N–H and O–H groups in total. The largest absolute Gasteiger partial charge is 0.497 e. The lowest BCUT2D eigenvalue weighted by atomic mass is 10.1. The molecule has 0 saturated carbocycles. The van der Waals surface area contributed by atoms with Crippen molar-refractivity contribution in [2.45, 2.75) is 20.4 Å². The third-order valence-corrected chi connectivity index (χ3v) is 5.53. The topological polar surface area (TPSA) is 58.8 Å². The molecule has 2 aromatic carbocycles. The first-order valence-electron chi connectivity index (χ1n) is 10.2. The Morgan fingerprint density at radius 1 is 1.07 bits per heavy atom. The average Bonchev–Trinajstić information content (AvgIpc) is 3.14. The highest BCUT2D eigenvalue weighted by molar-refractivity contribution is 5.94. The van der Waals surface area contributed by atoms with Crippen LogP contribution in [0, 0.1) is 13.8 Å². The maximum Gasteiger partial charge on any atom is 0.253 e. The second-order valence-electron chi connectivity index (χ2n) is 7.69. The number of carbonyl (C=O) groups is 1. The maximum absolute atomic E-state index is 12.7. The van der Waals surface area contributed by atoms with Crippen molar-refractivity contribution in [3.8, 4) is 17.2 Å². The van der Waals surface area contributed by atoms with Gasteiger partial charge in [0.1, 0.15) is 11.5 Å². The zero-order valence-electron chi connectivity index (χ0n) is 17.7. The molecule has 1 aromatic heterocycles. The Balaban J connectivity index is 1.37. The molecule has 0 spiro atoms. The Hall–Kier alpha value is -3.12. The van der Waals surface area contributed by atoms with Gasteiger partial charge in [-0.3, -0.25) is 9.69 Å². The number of benzene rings is 2. The number of aromatic nitrogens is 1. The van der Waals surface area contributed by atoms with Crippen LogP contribution in [0.4, 0.5) is 0 Å². The minimum absolute atomic E-state index is 0.109. The van der Waals surface area contributed by atoms with Gasteiger partial charge < -0.3 is 14.1 Å². The van der Waals surface area contributed by atoms with Gasteiger partial charge in [0.25, 0.3) is 5.91 Å². The molecular formula is C24H27N3O3. The highest BCUT2D eigenvalue weighted by Gasteiger charge is 2.23. The van der Waals surface area contributed by atoms with E-state index in [0.717, 1.165) is 66.6 Å². The van der Waals surface area contributed by atoms with E-state index in [1.165, 1.54) is 0 Å². The van der Waals surface area contributed by atoms with Gasteiger partial charge in [-0.2, -0.15) is 0 Å². The molecule has 0 aliphatic carbocycles. The van der Waals surface area contributed by atoms with Crippen molar-refractivity contribution in [3.63, 3.8) is 0 Å². The van der Waals surface area contributed by atoms with Gasteiger partial charge in [0, 0.05) is 43.9 Å². The maximum atomic E-state index is 12.7. The smallest absolute Gasteiger partial charge is 0.253 e. The molecule has 30 heavy (non-hydrogen) atoms. The SMILES string of the molecule is COc1ccc(-c2nc(CN3CCN(C(=O)c4cccc(C)c4)CC3)c(C)o2)cc1. The molecule has 0 atom stereocenters. The van der Waals surface area contributed by atoms with Crippen LogP contribution in [0.15, 0.2) is 52.9 Å². The van der Waals surface area contributed by atoms with E-state index in [4.69, 9.17) is 14.1 Å². The summed E-state index contributed by atoms with van der Waals surface area (Å²) in [5, 5.41) is 0. The number of aryl methyl sites for hydroxylation is 2. The molecule has 0 radical (unpaired) electrons. The molecule has 0 unspecified atom stereocenters. The van der Waals surface area contributed by atoms with E-state index in [-0.39, 0.29) is 5.91 Å². The first-order chi connectivity index (χ1) is 14.5. The van der Waals surface area contributed by atoms with Gasteiger partial charge in [-0.25, -0.2) is 4.98 Å². The fourth-order valence-corrected chi connectivity index (χ4v) is 3.71. The van der Waals surface area contributed by atoms with E-state index in [9.17, 15) is 4.79 Å². The molecule has 0 bridgehead atoms. The molecule has 2 heterocycles. The van der Waals surface area contributed by atoms with Gasteiger partial charge in [0.2, 0.25) is 5.89 Å². The Labute approximate surface area is 177 Å². The molecule has 1 fully saturated rings. The van der Waals surface area contributed by atoms with E-state index in [0.29, 0.717) is 5.89 Å². The molecule has 156 valence electrons. The van der Waals surface area contributed by atoms with Crippen LogP contribution in [-0.2, 0) is 6.54 Å². The lowest BCUT2D eigenvalue weighted by molar-refractivity contribution is 0.0626. The number of oxazole rings is 1. The number of rotatable bonds is 5. The molecule has 3 aromatic rings. The van der Waals surface area contributed by atoms with Crippen molar-refractivity contribution in [1.29, 1.82) is 0 Å². The van der Waals surface area contributed by atoms with E-state index >= 15 is 0 Å². The molecule has 6 heteroatoms.